The molecule has 168 valence electrons. The van der Waals surface area contributed by atoms with Gasteiger partial charge in [-0.15, -0.1) is 0 Å². The molecule has 3 rings (SSSR count). The fourth-order valence-corrected chi connectivity index (χ4v) is 3.63. The molecular weight excluding hydrogens is 464 g/mol. The van der Waals surface area contributed by atoms with Crippen LogP contribution >= 0.6 is 0 Å². The molecule has 3 aromatic rings. The molecule has 31 heavy (non-hydrogen) atoms. The summed E-state index contributed by atoms with van der Waals surface area (Å²) in [7, 11) is -4.65. The standard InChI is InChI=1S/C16H10F8N4O2S/c17-10-5-12(11(18)4-9(10)16(22,23)24)27-31(29,30)8-3-13(26-6-8)14-25-1-2-28(14)7-15(19,20)21/h1-6,26-27H,7H2. The van der Waals surface area contributed by atoms with Crippen molar-refractivity contribution in [3.63, 3.8) is 0 Å². The zero-order valence-corrected chi connectivity index (χ0v) is 15.6. The number of aromatic amines is 1. The number of anilines is 1. The lowest BCUT2D eigenvalue weighted by Crippen LogP contribution is -2.17. The van der Waals surface area contributed by atoms with Crippen LogP contribution in [0.25, 0.3) is 11.5 Å². The Morgan fingerprint density at radius 3 is 2.32 bits per heavy atom. The molecule has 0 saturated carbocycles. The summed E-state index contributed by atoms with van der Waals surface area (Å²) in [6, 6.07) is 0.693. The minimum absolute atomic E-state index is 0.0271. The van der Waals surface area contributed by atoms with Gasteiger partial charge >= 0.3 is 12.4 Å². The Labute approximate surface area is 168 Å². The van der Waals surface area contributed by atoms with Gasteiger partial charge in [0.1, 0.15) is 23.1 Å². The molecule has 0 aliphatic carbocycles. The first-order chi connectivity index (χ1) is 14.2. The molecule has 15 heteroatoms. The Morgan fingerprint density at radius 2 is 1.71 bits per heavy atom. The summed E-state index contributed by atoms with van der Waals surface area (Å²) in [5.74, 6) is -3.85. The molecular formula is C16H10F8N4O2S. The molecule has 2 aromatic heterocycles. The van der Waals surface area contributed by atoms with Crippen molar-refractivity contribution in [1.29, 1.82) is 0 Å². The third-order valence-corrected chi connectivity index (χ3v) is 5.22. The topological polar surface area (TPSA) is 79.8 Å². The van der Waals surface area contributed by atoms with Gasteiger partial charge in [-0.3, -0.25) is 4.72 Å². The molecule has 2 N–H and O–H groups in total. The molecule has 0 spiro atoms. The third-order valence-electron chi connectivity index (χ3n) is 3.88. The van der Waals surface area contributed by atoms with Crippen LogP contribution in [0.1, 0.15) is 5.56 Å². The average Bonchev–Trinajstić information content (AvgIpc) is 3.24. The number of imidazole rings is 1. The number of sulfonamides is 1. The lowest BCUT2D eigenvalue weighted by atomic mass is 10.2. The minimum atomic E-state index is -5.20. The summed E-state index contributed by atoms with van der Waals surface area (Å²) in [5, 5.41) is 0. The van der Waals surface area contributed by atoms with E-state index in [4.69, 9.17) is 0 Å². The highest BCUT2D eigenvalue weighted by Gasteiger charge is 2.35. The van der Waals surface area contributed by atoms with Crippen LogP contribution in [0.3, 0.4) is 0 Å². The van der Waals surface area contributed by atoms with E-state index in [9.17, 15) is 43.5 Å². The lowest BCUT2D eigenvalue weighted by Gasteiger charge is -2.12. The second-order valence-electron chi connectivity index (χ2n) is 6.16. The maximum Gasteiger partial charge on any atom is 0.419 e. The minimum Gasteiger partial charge on any atom is -0.357 e. The molecule has 0 fully saturated rings. The zero-order chi connectivity index (χ0) is 23.2. The summed E-state index contributed by atoms with van der Waals surface area (Å²) in [4.78, 5) is 5.50. The fourth-order valence-electron chi connectivity index (χ4n) is 2.58. The zero-order valence-electron chi connectivity index (χ0n) is 14.8. The van der Waals surface area contributed by atoms with Crippen molar-refractivity contribution < 1.29 is 43.5 Å². The summed E-state index contributed by atoms with van der Waals surface area (Å²) in [6.45, 7) is -1.41. The first-order valence-corrected chi connectivity index (χ1v) is 9.51. The average molecular weight is 474 g/mol. The van der Waals surface area contributed by atoms with Crippen LogP contribution in [-0.2, 0) is 22.7 Å². The normalized spacial score (nSPS) is 12.9. The lowest BCUT2D eigenvalue weighted by molar-refractivity contribution is -0.141. The number of nitrogens with zero attached hydrogens (tertiary/aromatic N) is 2. The first-order valence-electron chi connectivity index (χ1n) is 8.03. The molecule has 2 heterocycles. The highest BCUT2D eigenvalue weighted by atomic mass is 32.2. The van der Waals surface area contributed by atoms with Crippen molar-refractivity contribution in [3.8, 4) is 11.5 Å². The van der Waals surface area contributed by atoms with E-state index in [1.807, 2.05) is 0 Å². The van der Waals surface area contributed by atoms with Gasteiger partial charge in [0.25, 0.3) is 10.0 Å². The Kier molecular flexibility index (Phi) is 5.50. The Bertz CT molecular complexity index is 1210. The van der Waals surface area contributed by atoms with Crippen LogP contribution < -0.4 is 4.72 Å². The van der Waals surface area contributed by atoms with E-state index in [0.717, 1.165) is 24.7 Å². The number of aromatic nitrogens is 3. The van der Waals surface area contributed by atoms with Crippen LogP contribution in [0.4, 0.5) is 40.8 Å². The van der Waals surface area contributed by atoms with E-state index in [-0.39, 0.29) is 23.7 Å². The molecule has 0 unspecified atom stereocenters. The number of alkyl halides is 6. The van der Waals surface area contributed by atoms with E-state index >= 15 is 0 Å². The molecule has 0 radical (unpaired) electrons. The molecule has 0 saturated heterocycles. The van der Waals surface area contributed by atoms with Crippen LogP contribution in [0.2, 0.25) is 0 Å². The van der Waals surface area contributed by atoms with E-state index in [1.54, 1.807) is 4.72 Å². The molecule has 6 nitrogen and oxygen atoms in total. The number of hydrogen-bond donors (Lipinski definition) is 2. The van der Waals surface area contributed by atoms with Crippen molar-refractivity contribution in [1.82, 2.24) is 14.5 Å². The second kappa shape index (κ2) is 7.55. The van der Waals surface area contributed by atoms with Gasteiger partial charge in [0.2, 0.25) is 0 Å². The van der Waals surface area contributed by atoms with Gasteiger partial charge in [-0.2, -0.15) is 26.3 Å². The SMILES string of the molecule is O=S(=O)(Nc1cc(F)c(C(F)(F)F)cc1F)c1c[nH]c(-c2nccn2CC(F)(F)F)c1. The molecule has 0 bridgehead atoms. The number of H-pyrrole nitrogens is 1. The van der Waals surface area contributed by atoms with Crippen LogP contribution in [0.5, 0.6) is 0 Å². The molecule has 0 aliphatic rings. The first kappa shape index (κ1) is 22.6. The molecule has 0 amide bonds. The molecule has 0 atom stereocenters. The quantitative estimate of drug-likeness (QED) is 0.533. The van der Waals surface area contributed by atoms with E-state index in [2.05, 4.69) is 9.97 Å². The molecule has 0 aliphatic heterocycles. The van der Waals surface area contributed by atoms with E-state index in [1.165, 1.54) is 0 Å². The third kappa shape index (κ3) is 4.98. The summed E-state index contributed by atoms with van der Waals surface area (Å²) in [6.07, 6.45) is -6.88. The van der Waals surface area contributed by atoms with Gasteiger partial charge < -0.3 is 9.55 Å². The number of nitrogens with one attached hydrogen (secondary N) is 2. The number of benzene rings is 1. The summed E-state index contributed by atoms with van der Waals surface area (Å²) in [5.41, 5.74) is -3.16. The van der Waals surface area contributed by atoms with Crippen molar-refractivity contribution in [3.05, 3.63) is 54.0 Å². The van der Waals surface area contributed by atoms with Crippen LogP contribution in [0, 0.1) is 11.6 Å². The monoisotopic (exact) mass is 474 g/mol. The van der Waals surface area contributed by atoms with Gasteiger partial charge in [0, 0.05) is 24.7 Å². The number of hydrogen-bond acceptors (Lipinski definition) is 3. The maximum absolute atomic E-state index is 13.9. The number of rotatable bonds is 5. The van der Waals surface area contributed by atoms with Gasteiger partial charge in [0.15, 0.2) is 5.82 Å². The predicted octanol–water partition coefficient (Wildman–Crippen LogP) is 4.54. The summed E-state index contributed by atoms with van der Waals surface area (Å²) < 4.78 is 130. The molecule has 1 aromatic carbocycles. The Balaban J connectivity index is 1.90. The second-order valence-corrected chi connectivity index (χ2v) is 7.84. The van der Waals surface area contributed by atoms with E-state index < -0.39 is 56.7 Å². The fraction of sp³-hybridized carbons (Fsp3) is 0.188. The van der Waals surface area contributed by atoms with Crippen molar-refractivity contribution >= 4 is 15.7 Å². The van der Waals surface area contributed by atoms with Crippen molar-refractivity contribution in [2.45, 2.75) is 23.8 Å². The Morgan fingerprint density at radius 1 is 1.03 bits per heavy atom. The highest BCUT2D eigenvalue weighted by molar-refractivity contribution is 7.92. The van der Waals surface area contributed by atoms with Crippen molar-refractivity contribution in [2.75, 3.05) is 4.72 Å². The van der Waals surface area contributed by atoms with E-state index in [0.29, 0.717) is 4.57 Å². The smallest absolute Gasteiger partial charge is 0.357 e. The maximum atomic E-state index is 13.9. The largest absolute Gasteiger partial charge is 0.419 e. The highest BCUT2D eigenvalue weighted by Crippen LogP contribution is 2.34. The van der Waals surface area contributed by atoms with Gasteiger partial charge in [-0.25, -0.2) is 22.2 Å². The van der Waals surface area contributed by atoms with Gasteiger partial charge in [-0.05, 0) is 12.1 Å². The van der Waals surface area contributed by atoms with Crippen molar-refractivity contribution in [2.24, 2.45) is 0 Å². The van der Waals surface area contributed by atoms with Crippen LogP contribution in [0.15, 0.2) is 41.7 Å². The summed E-state index contributed by atoms with van der Waals surface area (Å²) >= 11 is 0. The Hall–Kier alpha value is -3.10. The van der Waals surface area contributed by atoms with Crippen LogP contribution in [-0.4, -0.2) is 29.1 Å². The van der Waals surface area contributed by atoms with Gasteiger partial charge in [0.05, 0.1) is 16.9 Å². The predicted molar refractivity (Wildman–Crippen MR) is 90.2 cm³/mol. The number of halogens is 8. The van der Waals surface area contributed by atoms with Gasteiger partial charge in [-0.1, -0.05) is 0 Å².